The Kier molecular flexibility index (Phi) is 2.80. The van der Waals surface area contributed by atoms with Crippen LogP contribution in [0.2, 0.25) is 0 Å². The lowest BCUT2D eigenvalue weighted by Gasteiger charge is -2.36. The van der Waals surface area contributed by atoms with Gasteiger partial charge in [0.2, 0.25) is 5.60 Å². The van der Waals surface area contributed by atoms with Crippen LogP contribution in [0.3, 0.4) is 0 Å². The molecule has 0 aromatic heterocycles. The molecule has 1 fully saturated rings. The van der Waals surface area contributed by atoms with Crippen LogP contribution < -0.4 is 5.32 Å². The number of hydrogen-bond acceptors (Lipinski definition) is 4. The van der Waals surface area contributed by atoms with E-state index >= 15 is 0 Å². The molecule has 1 saturated heterocycles. The van der Waals surface area contributed by atoms with Gasteiger partial charge < -0.3 is 14.8 Å². The number of ether oxygens (including phenoxy) is 2. The Labute approximate surface area is 82.8 Å². The van der Waals surface area contributed by atoms with E-state index in [0.717, 1.165) is 0 Å². The van der Waals surface area contributed by atoms with E-state index in [1.165, 1.54) is 0 Å². The Morgan fingerprint density at radius 3 is 2.36 bits per heavy atom. The molecule has 1 aliphatic rings. The molecular formula is C9H15NO4. The van der Waals surface area contributed by atoms with E-state index in [-0.39, 0.29) is 18.8 Å². The first-order chi connectivity index (χ1) is 6.37. The molecule has 0 radical (unpaired) electrons. The second-order valence-corrected chi connectivity index (χ2v) is 4.44. The Morgan fingerprint density at radius 2 is 2.07 bits per heavy atom. The Hall–Kier alpha value is -1.10. The molecule has 0 atom stereocenters. The SMILES string of the molecule is CC(C)(C)NC(=O)OC1(C=O)COC1. The number of aldehydes is 1. The average molecular weight is 201 g/mol. The van der Waals surface area contributed by atoms with Crippen LogP contribution in [0.4, 0.5) is 4.79 Å². The molecule has 1 aliphatic heterocycles. The summed E-state index contributed by atoms with van der Waals surface area (Å²) in [5.74, 6) is 0. The molecule has 0 aliphatic carbocycles. The van der Waals surface area contributed by atoms with Crippen molar-refractivity contribution in [2.24, 2.45) is 0 Å². The van der Waals surface area contributed by atoms with E-state index in [1.54, 1.807) is 0 Å². The number of carbonyl (C=O) groups excluding carboxylic acids is 2. The predicted molar refractivity (Wildman–Crippen MR) is 49.0 cm³/mol. The molecular weight excluding hydrogens is 186 g/mol. The smallest absolute Gasteiger partial charge is 0.408 e. The van der Waals surface area contributed by atoms with Crippen LogP contribution in [0, 0.1) is 0 Å². The molecule has 14 heavy (non-hydrogen) atoms. The second-order valence-electron chi connectivity index (χ2n) is 4.44. The fourth-order valence-corrected chi connectivity index (χ4v) is 0.971. The number of rotatable bonds is 2. The summed E-state index contributed by atoms with van der Waals surface area (Å²) in [6.07, 6.45) is 0.0200. The van der Waals surface area contributed by atoms with Crippen molar-refractivity contribution in [2.75, 3.05) is 13.2 Å². The highest BCUT2D eigenvalue weighted by Gasteiger charge is 2.43. The maximum atomic E-state index is 11.3. The van der Waals surface area contributed by atoms with Crippen LogP contribution in [0.5, 0.6) is 0 Å². The minimum Gasteiger partial charge on any atom is -0.430 e. The molecule has 0 spiro atoms. The molecule has 0 saturated carbocycles. The van der Waals surface area contributed by atoms with Crippen molar-refractivity contribution in [3.05, 3.63) is 0 Å². The Morgan fingerprint density at radius 1 is 1.50 bits per heavy atom. The predicted octanol–water partition coefficient (Wildman–Crippen LogP) is 0.479. The Bertz CT molecular complexity index is 240. The maximum absolute atomic E-state index is 11.3. The number of hydrogen-bond donors (Lipinski definition) is 1. The summed E-state index contributed by atoms with van der Waals surface area (Å²) < 4.78 is 9.78. The normalized spacial score (nSPS) is 19.4. The zero-order valence-corrected chi connectivity index (χ0v) is 8.62. The summed E-state index contributed by atoms with van der Waals surface area (Å²) in [6, 6.07) is 0. The highest BCUT2D eigenvalue weighted by atomic mass is 16.6. The van der Waals surface area contributed by atoms with E-state index in [2.05, 4.69) is 5.32 Å². The zero-order valence-electron chi connectivity index (χ0n) is 8.62. The third kappa shape index (κ3) is 2.70. The summed E-state index contributed by atoms with van der Waals surface area (Å²) in [5.41, 5.74) is -1.43. The summed E-state index contributed by atoms with van der Waals surface area (Å²) >= 11 is 0. The number of nitrogens with one attached hydrogen (secondary N) is 1. The van der Waals surface area contributed by atoms with E-state index in [0.29, 0.717) is 6.29 Å². The molecule has 1 amide bonds. The largest absolute Gasteiger partial charge is 0.430 e. The summed E-state index contributed by atoms with van der Waals surface area (Å²) in [6.45, 7) is 5.79. The van der Waals surface area contributed by atoms with Crippen molar-refractivity contribution in [1.82, 2.24) is 5.32 Å². The van der Waals surface area contributed by atoms with E-state index in [9.17, 15) is 9.59 Å². The van der Waals surface area contributed by atoms with Crippen molar-refractivity contribution in [3.63, 3.8) is 0 Å². The fraction of sp³-hybridized carbons (Fsp3) is 0.778. The summed E-state index contributed by atoms with van der Waals surface area (Å²) in [5, 5.41) is 2.60. The van der Waals surface area contributed by atoms with Crippen LogP contribution in [0.15, 0.2) is 0 Å². The highest BCUT2D eigenvalue weighted by Crippen LogP contribution is 2.19. The third-order valence-corrected chi connectivity index (χ3v) is 1.68. The molecule has 1 N–H and O–H groups in total. The van der Waals surface area contributed by atoms with Crippen molar-refractivity contribution < 1.29 is 19.1 Å². The second kappa shape index (κ2) is 3.57. The van der Waals surface area contributed by atoms with Gasteiger partial charge in [0.25, 0.3) is 0 Å². The van der Waals surface area contributed by atoms with Crippen LogP contribution in [-0.4, -0.2) is 36.7 Å². The number of amides is 1. The standard InChI is InChI=1S/C9H15NO4/c1-8(2,3)10-7(12)14-9(4-11)5-13-6-9/h4H,5-6H2,1-3H3,(H,10,12). The minimum absolute atomic E-state index is 0.147. The van der Waals surface area contributed by atoms with Gasteiger partial charge in [0, 0.05) is 5.54 Å². The highest BCUT2D eigenvalue weighted by molar-refractivity contribution is 5.74. The van der Waals surface area contributed by atoms with Gasteiger partial charge in [-0.2, -0.15) is 0 Å². The van der Waals surface area contributed by atoms with Gasteiger partial charge in [0.05, 0.1) is 13.2 Å². The quantitative estimate of drug-likeness (QED) is 0.660. The van der Waals surface area contributed by atoms with E-state index in [4.69, 9.17) is 9.47 Å². The van der Waals surface area contributed by atoms with Crippen molar-refractivity contribution in [2.45, 2.75) is 31.9 Å². The molecule has 0 aromatic carbocycles. The lowest BCUT2D eigenvalue weighted by molar-refractivity contribution is -0.177. The monoisotopic (exact) mass is 201 g/mol. The number of alkyl carbamates (subject to hydrolysis) is 1. The van der Waals surface area contributed by atoms with Gasteiger partial charge in [-0.3, -0.25) is 4.79 Å². The molecule has 0 bridgehead atoms. The van der Waals surface area contributed by atoms with Crippen LogP contribution in [0.25, 0.3) is 0 Å². The third-order valence-electron chi connectivity index (χ3n) is 1.68. The van der Waals surface area contributed by atoms with Crippen LogP contribution in [-0.2, 0) is 14.3 Å². The first-order valence-corrected chi connectivity index (χ1v) is 4.42. The molecule has 80 valence electrons. The molecule has 1 rings (SSSR count). The molecule has 5 nitrogen and oxygen atoms in total. The van der Waals surface area contributed by atoms with Crippen LogP contribution in [0.1, 0.15) is 20.8 Å². The first-order valence-electron chi connectivity index (χ1n) is 4.42. The molecule has 1 heterocycles. The van der Waals surface area contributed by atoms with Gasteiger partial charge in [-0.25, -0.2) is 4.79 Å². The van der Waals surface area contributed by atoms with Crippen molar-refractivity contribution in [3.8, 4) is 0 Å². The van der Waals surface area contributed by atoms with E-state index in [1.807, 2.05) is 20.8 Å². The summed E-state index contributed by atoms with van der Waals surface area (Å²) in [7, 11) is 0. The minimum atomic E-state index is -1.06. The van der Waals surface area contributed by atoms with E-state index < -0.39 is 11.7 Å². The average Bonchev–Trinajstić information content (AvgIpc) is 1.93. The number of carbonyl (C=O) groups is 2. The Balaban J connectivity index is 2.44. The van der Waals surface area contributed by atoms with Gasteiger partial charge in [-0.05, 0) is 20.8 Å². The zero-order chi connectivity index (χ0) is 10.8. The molecule has 0 aromatic rings. The lowest BCUT2D eigenvalue weighted by Crippen LogP contribution is -2.57. The van der Waals surface area contributed by atoms with Crippen LogP contribution >= 0.6 is 0 Å². The van der Waals surface area contributed by atoms with Gasteiger partial charge in [-0.15, -0.1) is 0 Å². The van der Waals surface area contributed by atoms with Gasteiger partial charge in [0.1, 0.15) is 0 Å². The van der Waals surface area contributed by atoms with Crippen molar-refractivity contribution >= 4 is 12.4 Å². The van der Waals surface area contributed by atoms with Gasteiger partial charge >= 0.3 is 6.09 Å². The maximum Gasteiger partial charge on any atom is 0.408 e. The van der Waals surface area contributed by atoms with Gasteiger partial charge in [-0.1, -0.05) is 0 Å². The summed E-state index contributed by atoms with van der Waals surface area (Å²) in [4.78, 5) is 21.9. The lowest BCUT2D eigenvalue weighted by atomic mass is 10.1. The topological polar surface area (TPSA) is 64.6 Å². The van der Waals surface area contributed by atoms with Gasteiger partial charge in [0.15, 0.2) is 6.29 Å². The van der Waals surface area contributed by atoms with Crippen molar-refractivity contribution in [1.29, 1.82) is 0 Å². The fourth-order valence-electron chi connectivity index (χ4n) is 0.971. The molecule has 5 heteroatoms. The first kappa shape index (κ1) is 11.0. The molecule has 0 unspecified atom stereocenters.